The first-order chi connectivity index (χ1) is 13.0. The zero-order valence-electron chi connectivity index (χ0n) is 16.8. The molecule has 7 heteroatoms. The van der Waals surface area contributed by atoms with Crippen LogP contribution in [-0.4, -0.2) is 65.4 Å². The van der Waals surface area contributed by atoms with E-state index in [9.17, 15) is 14.4 Å². The van der Waals surface area contributed by atoms with Crippen molar-refractivity contribution in [2.24, 2.45) is 5.92 Å². The van der Waals surface area contributed by atoms with Gasteiger partial charge >= 0.3 is 6.03 Å². The first-order valence-electron chi connectivity index (χ1n) is 10.6. The summed E-state index contributed by atoms with van der Waals surface area (Å²) in [5.41, 5.74) is -0.769. The number of likely N-dealkylation sites (tertiary alicyclic amines) is 1. The Labute approximate surface area is 162 Å². The SMILES string of the molecule is CCCN1CCC(NC(=O)CN2C(=O)NC3(CCC(CC)CC3)C2=O)CC1. The van der Waals surface area contributed by atoms with Crippen molar-refractivity contribution in [2.75, 3.05) is 26.2 Å². The van der Waals surface area contributed by atoms with Gasteiger partial charge in [-0.15, -0.1) is 0 Å². The number of nitrogens with one attached hydrogen (secondary N) is 2. The second-order valence-electron chi connectivity index (χ2n) is 8.44. The third kappa shape index (κ3) is 4.45. The standard InChI is InChI=1S/C20H34N4O3/c1-3-11-23-12-7-16(8-13-23)21-17(25)14-24-18(26)20(22-19(24)27)9-5-15(4-2)6-10-20/h15-16H,3-14H2,1-2H3,(H,21,25)(H,22,27). The number of imide groups is 1. The summed E-state index contributed by atoms with van der Waals surface area (Å²) in [6, 6.07) is -0.275. The average Bonchev–Trinajstić information content (AvgIpc) is 2.88. The molecule has 2 heterocycles. The molecular formula is C20H34N4O3. The molecule has 7 nitrogen and oxygen atoms in total. The van der Waals surface area contributed by atoms with Gasteiger partial charge in [0.25, 0.3) is 5.91 Å². The topological polar surface area (TPSA) is 81.8 Å². The summed E-state index contributed by atoms with van der Waals surface area (Å²) in [5.74, 6) is 0.193. The second-order valence-corrected chi connectivity index (χ2v) is 8.44. The predicted molar refractivity (Wildman–Crippen MR) is 103 cm³/mol. The van der Waals surface area contributed by atoms with Gasteiger partial charge in [-0.2, -0.15) is 0 Å². The fourth-order valence-corrected chi connectivity index (χ4v) is 4.77. The van der Waals surface area contributed by atoms with Gasteiger partial charge in [0.2, 0.25) is 5.91 Å². The summed E-state index contributed by atoms with van der Waals surface area (Å²) >= 11 is 0. The lowest BCUT2D eigenvalue weighted by Gasteiger charge is -2.34. The summed E-state index contributed by atoms with van der Waals surface area (Å²) < 4.78 is 0. The van der Waals surface area contributed by atoms with Crippen molar-refractivity contribution in [3.8, 4) is 0 Å². The number of hydrogen-bond donors (Lipinski definition) is 2. The predicted octanol–water partition coefficient (Wildman–Crippen LogP) is 1.87. The van der Waals surface area contributed by atoms with Gasteiger partial charge in [0.05, 0.1) is 0 Å². The van der Waals surface area contributed by atoms with E-state index in [1.165, 1.54) is 0 Å². The van der Waals surface area contributed by atoms with Crippen LogP contribution in [0.1, 0.15) is 65.2 Å². The molecule has 0 bridgehead atoms. The number of carbonyl (C=O) groups is 3. The van der Waals surface area contributed by atoms with E-state index in [1.54, 1.807) is 0 Å². The molecule has 1 spiro atoms. The minimum absolute atomic E-state index is 0.139. The summed E-state index contributed by atoms with van der Waals surface area (Å²) in [5, 5.41) is 5.91. The summed E-state index contributed by atoms with van der Waals surface area (Å²) in [6.07, 6.45) is 7.39. The smallest absolute Gasteiger partial charge is 0.325 e. The Hall–Kier alpha value is -1.63. The minimum Gasteiger partial charge on any atom is -0.352 e. The van der Waals surface area contributed by atoms with E-state index in [0.717, 1.165) is 63.1 Å². The molecule has 152 valence electrons. The Morgan fingerprint density at radius 1 is 1.15 bits per heavy atom. The lowest BCUT2D eigenvalue weighted by atomic mass is 9.75. The molecule has 2 N–H and O–H groups in total. The van der Waals surface area contributed by atoms with Crippen molar-refractivity contribution in [1.29, 1.82) is 0 Å². The highest BCUT2D eigenvalue weighted by Gasteiger charge is 2.52. The largest absolute Gasteiger partial charge is 0.352 e. The van der Waals surface area contributed by atoms with Crippen molar-refractivity contribution in [3.63, 3.8) is 0 Å². The van der Waals surface area contributed by atoms with Crippen LogP contribution in [0.4, 0.5) is 4.79 Å². The van der Waals surface area contributed by atoms with Crippen LogP contribution >= 0.6 is 0 Å². The average molecular weight is 379 g/mol. The molecule has 27 heavy (non-hydrogen) atoms. The van der Waals surface area contributed by atoms with Crippen LogP contribution in [0.5, 0.6) is 0 Å². The van der Waals surface area contributed by atoms with E-state index in [4.69, 9.17) is 0 Å². The summed E-state index contributed by atoms with van der Waals surface area (Å²) in [6.45, 7) is 7.25. The summed E-state index contributed by atoms with van der Waals surface area (Å²) in [4.78, 5) is 41.2. The van der Waals surface area contributed by atoms with Crippen molar-refractivity contribution >= 4 is 17.8 Å². The van der Waals surface area contributed by atoms with E-state index in [2.05, 4.69) is 29.4 Å². The van der Waals surface area contributed by atoms with E-state index in [1.807, 2.05) is 0 Å². The molecule has 0 atom stereocenters. The van der Waals surface area contributed by atoms with Crippen molar-refractivity contribution < 1.29 is 14.4 Å². The Kier molecular flexibility index (Phi) is 6.40. The lowest BCUT2D eigenvalue weighted by molar-refractivity contribution is -0.136. The quantitative estimate of drug-likeness (QED) is 0.692. The molecule has 0 aromatic heterocycles. The highest BCUT2D eigenvalue weighted by atomic mass is 16.2. The van der Waals surface area contributed by atoms with E-state index < -0.39 is 11.6 Å². The maximum Gasteiger partial charge on any atom is 0.325 e. The monoisotopic (exact) mass is 378 g/mol. The maximum absolute atomic E-state index is 12.9. The molecule has 0 aromatic rings. The number of nitrogens with zero attached hydrogens (tertiary/aromatic N) is 2. The van der Waals surface area contributed by atoms with Gasteiger partial charge in [-0.1, -0.05) is 20.3 Å². The van der Waals surface area contributed by atoms with E-state index in [-0.39, 0.29) is 24.4 Å². The third-order valence-corrected chi connectivity index (χ3v) is 6.58. The molecule has 1 aliphatic carbocycles. The molecule has 3 aliphatic rings. The van der Waals surface area contributed by atoms with Crippen LogP contribution in [0.2, 0.25) is 0 Å². The molecular weight excluding hydrogens is 344 g/mol. The fraction of sp³-hybridized carbons (Fsp3) is 0.850. The third-order valence-electron chi connectivity index (χ3n) is 6.58. The Morgan fingerprint density at radius 2 is 1.81 bits per heavy atom. The van der Waals surface area contributed by atoms with Crippen molar-refractivity contribution in [2.45, 2.75) is 76.8 Å². The number of hydrogen-bond acceptors (Lipinski definition) is 4. The van der Waals surface area contributed by atoms with E-state index in [0.29, 0.717) is 18.8 Å². The van der Waals surface area contributed by atoms with Crippen LogP contribution in [0.15, 0.2) is 0 Å². The maximum atomic E-state index is 12.9. The summed E-state index contributed by atoms with van der Waals surface area (Å²) in [7, 11) is 0. The number of rotatable bonds is 6. The number of piperidine rings is 1. The molecule has 2 saturated heterocycles. The number of urea groups is 1. The van der Waals surface area contributed by atoms with Crippen LogP contribution in [0.25, 0.3) is 0 Å². The molecule has 0 aromatic carbocycles. The molecule has 0 radical (unpaired) electrons. The molecule has 3 fully saturated rings. The van der Waals surface area contributed by atoms with Gasteiger partial charge in [0.15, 0.2) is 0 Å². The van der Waals surface area contributed by atoms with Gasteiger partial charge in [-0.25, -0.2) is 4.79 Å². The minimum atomic E-state index is -0.769. The van der Waals surface area contributed by atoms with Crippen molar-refractivity contribution in [3.05, 3.63) is 0 Å². The molecule has 4 amide bonds. The highest BCUT2D eigenvalue weighted by molar-refractivity contribution is 6.09. The van der Waals surface area contributed by atoms with Crippen LogP contribution < -0.4 is 10.6 Å². The molecule has 1 saturated carbocycles. The molecule has 3 rings (SSSR count). The van der Waals surface area contributed by atoms with Gasteiger partial charge in [0, 0.05) is 19.1 Å². The van der Waals surface area contributed by atoms with Gasteiger partial charge < -0.3 is 15.5 Å². The van der Waals surface area contributed by atoms with Crippen LogP contribution in [-0.2, 0) is 9.59 Å². The highest BCUT2D eigenvalue weighted by Crippen LogP contribution is 2.37. The van der Waals surface area contributed by atoms with Gasteiger partial charge in [-0.3, -0.25) is 14.5 Å². The van der Waals surface area contributed by atoms with Gasteiger partial charge in [-0.05, 0) is 57.4 Å². The van der Waals surface area contributed by atoms with E-state index >= 15 is 0 Å². The van der Waals surface area contributed by atoms with Crippen LogP contribution in [0, 0.1) is 5.92 Å². The first-order valence-corrected chi connectivity index (χ1v) is 10.6. The fourth-order valence-electron chi connectivity index (χ4n) is 4.77. The Morgan fingerprint density at radius 3 is 2.41 bits per heavy atom. The number of carbonyl (C=O) groups excluding carboxylic acids is 3. The second kappa shape index (κ2) is 8.59. The Bertz CT molecular complexity index is 564. The molecule has 2 aliphatic heterocycles. The normalized spacial score (nSPS) is 30.0. The van der Waals surface area contributed by atoms with Gasteiger partial charge in [0.1, 0.15) is 12.1 Å². The van der Waals surface area contributed by atoms with Crippen LogP contribution in [0.3, 0.4) is 0 Å². The molecule has 0 unspecified atom stereocenters. The first kappa shape index (κ1) is 20.1. The Balaban J connectivity index is 1.50. The lowest BCUT2D eigenvalue weighted by Crippen LogP contribution is -2.51. The zero-order valence-corrected chi connectivity index (χ0v) is 16.8. The number of amides is 4. The zero-order chi connectivity index (χ0) is 19.4. The van der Waals surface area contributed by atoms with Crippen molar-refractivity contribution in [1.82, 2.24) is 20.4 Å².